The van der Waals surface area contributed by atoms with E-state index in [0.29, 0.717) is 34.6 Å². The van der Waals surface area contributed by atoms with Crippen LogP contribution in [0.1, 0.15) is 43.6 Å². The van der Waals surface area contributed by atoms with E-state index in [4.69, 9.17) is 9.47 Å². The highest BCUT2D eigenvalue weighted by Gasteiger charge is 2.42. The lowest BCUT2D eigenvalue weighted by atomic mass is 9.95. The molecule has 1 aromatic heterocycles. The Morgan fingerprint density at radius 2 is 1.74 bits per heavy atom. The van der Waals surface area contributed by atoms with Crippen molar-refractivity contribution in [2.24, 2.45) is 0 Å². The van der Waals surface area contributed by atoms with Gasteiger partial charge in [-0.1, -0.05) is 36.4 Å². The molecule has 2 N–H and O–H groups in total. The van der Waals surface area contributed by atoms with E-state index in [1.165, 1.54) is 7.11 Å². The molecular formula is C27H23N3O5. The van der Waals surface area contributed by atoms with Crippen LogP contribution >= 0.6 is 0 Å². The van der Waals surface area contributed by atoms with Gasteiger partial charge in [0.15, 0.2) is 0 Å². The second kappa shape index (κ2) is 8.98. The van der Waals surface area contributed by atoms with Crippen molar-refractivity contribution >= 4 is 11.9 Å². The molecule has 0 fully saturated rings. The molecule has 0 saturated carbocycles. The smallest absolute Gasteiger partial charge is 0.337 e. The van der Waals surface area contributed by atoms with E-state index in [-0.39, 0.29) is 11.7 Å². The van der Waals surface area contributed by atoms with Gasteiger partial charge in [0.05, 0.1) is 25.8 Å². The number of H-pyrrole nitrogens is 1. The van der Waals surface area contributed by atoms with Crippen LogP contribution in [0.2, 0.25) is 0 Å². The highest BCUT2D eigenvalue weighted by Crippen LogP contribution is 2.45. The van der Waals surface area contributed by atoms with Crippen LogP contribution in [0.4, 0.5) is 0 Å². The summed E-state index contributed by atoms with van der Waals surface area (Å²) < 4.78 is 10.1. The average Bonchev–Trinajstić information content (AvgIpc) is 3.43. The fraction of sp³-hybridized carbons (Fsp3) is 0.148. The summed E-state index contributed by atoms with van der Waals surface area (Å²) in [5.41, 5.74) is 4.23. The lowest BCUT2D eigenvalue weighted by Gasteiger charge is -2.27. The Morgan fingerprint density at radius 1 is 1.03 bits per heavy atom. The molecule has 1 unspecified atom stereocenters. The summed E-state index contributed by atoms with van der Waals surface area (Å²) >= 11 is 0. The second-order valence-electron chi connectivity index (χ2n) is 8.18. The number of carbonyl (C=O) groups excluding carboxylic acids is 2. The number of benzene rings is 3. The van der Waals surface area contributed by atoms with Gasteiger partial charge in [0.1, 0.15) is 22.9 Å². The molecule has 1 aliphatic rings. The van der Waals surface area contributed by atoms with E-state index < -0.39 is 12.0 Å². The van der Waals surface area contributed by atoms with Gasteiger partial charge < -0.3 is 19.5 Å². The van der Waals surface area contributed by atoms with Crippen LogP contribution in [0.15, 0.2) is 72.8 Å². The first-order valence-corrected chi connectivity index (χ1v) is 11.0. The summed E-state index contributed by atoms with van der Waals surface area (Å²) in [6, 6.07) is 20.9. The normalized spacial score (nSPS) is 14.6. The Balaban J connectivity index is 1.61. The summed E-state index contributed by atoms with van der Waals surface area (Å²) in [6.45, 7) is 0.342. The van der Waals surface area contributed by atoms with Crippen molar-refractivity contribution in [3.63, 3.8) is 0 Å². The highest BCUT2D eigenvalue weighted by atomic mass is 16.5. The number of methoxy groups -OCH3 is 2. The first-order valence-electron chi connectivity index (χ1n) is 11.0. The number of nitrogens with one attached hydrogen (secondary N) is 1. The molecule has 8 heteroatoms. The van der Waals surface area contributed by atoms with Gasteiger partial charge in [-0.2, -0.15) is 5.10 Å². The van der Waals surface area contributed by atoms with E-state index in [0.717, 1.165) is 16.9 Å². The second-order valence-corrected chi connectivity index (χ2v) is 8.18. The molecule has 0 radical (unpaired) electrons. The molecule has 1 aliphatic heterocycles. The maximum atomic E-state index is 13.6. The Bertz CT molecular complexity index is 1390. The van der Waals surface area contributed by atoms with E-state index >= 15 is 0 Å². The van der Waals surface area contributed by atoms with Crippen molar-refractivity contribution < 1.29 is 24.2 Å². The molecule has 35 heavy (non-hydrogen) atoms. The zero-order valence-electron chi connectivity index (χ0n) is 19.2. The van der Waals surface area contributed by atoms with E-state index in [9.17, 15) is 14.7 Å². The fourth-order valence-corrected chi connectivity index (χ4v) is 4.43. The third-order valence-corrected chi connectivity index (χ3v) is 6.18. The van der Waals surface area contributed by atoms with Gasteiger partial charge in [0.25, 0.3) is 5.91 Å². The molecule has 0 bridgehead atoms. The number of hydrogen-bond acceptors (Lipinski definition) is 6. The molecule has 0 aliphatic carbocycles. The Kier molecular flexibility index (Phi) is 5.70. The van der Waals surface area contributed by atoms with Crippen LogP contribution < -0.4 is 4.74 Å². The van der Waals surface area contributed by atoms with Gasteiger partial charge in [-0.25, -0.2) is 4.79 Å². The Hall–Kier alpha value is -4.59. The SMILES string of the molecule is COC(=O)c1ccc(C2c3c(-c4ccccc4O)n[nH]c3C(=O)N2Cc2ccc(OC)cc2)cc1. The predicted octanol–water partition coefficient (Wildman–Crippen LogP) is 4.32. The summed E-state index contributed by atoms with van der Waals surface area (Å²) in [6.07, 6.45) is 0. The molecule has 4 aromatic rings. The van der Waals surface area contributed by atoms with Gasteiger partial charge in [0, 0.05) is 17.7 Å². The van der Waals surface area contributed by atoms with Gasteiger partial charge >= 0.3 is 5.97 Å². The van der Waals surface area contributed by atoms with Crippen molar-refractivity contribution in [3.05, 3.63) is 101 Å². The molecule has 3 aromatic carbocycles. The van der Waals surface area contributed by atoms with Gasteiger partial charge in [-0.05, 0) is 47.5 Å². The standard InChI is InChI=1S/C27H23N3O5/c1-34-19-13-7-16(8-14-19)15-30-25(17-9-11-18(12-10-17)27(33)35-2)22-23(28-29-24(22)26(30)32)20-5-3-4-6-21(20)31/h3-14,25,31H,15H2,1-2H3,(H,28,29). The number of hydrogen-bond donors (Lipinski definition) is 2. The summed E-state index contributed by atoms with van der Waals surface area (Å²) in [5.74, 6) is 0.162. The van der Waals surface area contributed by atoms with Crippen LogP contribution in [0.5, 0.6) is 11.5 Å². The Morgan fingerprint density at radius 3 is 2.40 bits per heavy atom. The zero-order chi connectivity index (χ0) is 24.5. The lowest BCUT2D eigenvalue weighted by Crippen LogP contribution is -2.29. The van der Waals surface area contributed by atoms with Crippen LogP contribution in [0, 0.1) is 0 Å². The van der Waals surface area contributed by atoms with Crippen LogP contribution in [0.3, 0.4) is 0 Å². The van der Waals surface area contributed by atoms with Gasteiger partial charge in [0.2, 0.25) is 0 Å². The number of ether oxygens (including phenoxy) is 2. The van der Waals surface area contributed by atoms with Gasteiger partial charge in [-0.15, -0.1) is 0 Å². The maximum absolute atomic E-state index is 13.6. The molecule has 176 valence electrons. The minimum absolute atomic E-state index is 0.0719. The number of nitrogens with zero attached hydrogens (tertiary/aromatic N) is 2. The summed E-state index contributed by atoms with van der Waals surface area (Å²) in [4.78, 5) is 27.3. The summed E-state index contributed by atoms with van der Waals surface area (Å²) in [5, 5.41) is 17.8. The van der Waals surface area contributed by atoms with Crippen molar-refractivity contribution in [1.29, 1.82) is 0 Å². The van der Waals surface area contributed by atoms with E-state index in [1.807, 2.05) is 42.5 Å². The quantitative estimate of drug-likeness (QED) is 0.408. The highest BCUT2D eigenvalue weighted by molar-refractivity contribution is 6.00. The van der Waals surface area contributed by atoms with Crippen LogP contribution in [0.25, 0.3) is 11.3 Å². The molecule has 8 nitrogen and oxygen atoms in total. The molecule has 0 saturated heterocycles. The first kappa shape index (κ1) is 22.2. The predicted molar refractivity (Wildman–Crippen MR) is 128 cm³/mol. The molecule has 0 spiro atoms. The maximum Gasteiger partial charge on any atom is 0.337 e. The minimum Gasteiger partial charge on any atom is -0.507 e. The topological polar surface area (TPSA) is 105 Å². The average molecular weight is 469 g/mol. The zero-order valence-corrected chi connectivity index (χ0v) is 19.2. The number of aromatic hydroxyl groups is 1. The van der Waals surface area contributed by atoms with Crippen LogP contribution in [-0.4, -0.2) is 46.3 Å². The largest absolute Gasteiger partial charge is 0.507 e. The number of esters is 1. The summed E-state index contributed by atoms with van der Waals surface area (Å²) in [7, 11) is 2.94. The van der Waals surface area contributed by atoms with Crippen molar-refractivity contribution in [2.75, 3.05) is 14.2 Å². The number of aromatic nitrogens is 2. The first-order chi connectivity index (χ1) is 17.0. The Labute approximate surface area is 201 Å². The third kappa shape index (κ3) is 3.89. The van der Waals surface area contributed by atoms with Crippen molar-refractivity contribution in [1.82, 2.24) is 15.1 Å². The molecular weight excluding hydrogens is 446 g/mol. The van der Waals surface area contributed by atoms with Crippen molar-refractivity contribution in [2.45, 2.75) is 12.6 Å². The molecule has 5 rings (SSSR count). The fourth-order valence-electron chi connectivity index (χ4n) is 4.43. The van der Waals surface area contributed by atoms with E-state index in [2.05, 4.69) is 10.2 Å². The number of amides is 1. The lowest BCUT2D eigenvalue weighted by molar-refractivity contribution is 0.0600. The number of aromatic amines is 1. The number of rotatable bonds is 6. The molecule has 1 atom stereocenters. The minimum atomic E-state index is -0.486. The molecule has 1 amide bonds. The number of carbonyl (C=O) groups is 2. The number of phenolic OH excluding ortho intramolecular Hbond substituents is 1. The van der Waals surface area contributed by atoms with Gasteiger partial charge in [-0.3, -0.25) is 9.89 Å². The van der Waals surface area contributed by atoms with E-state index in [1.54, 1.807) is 42.3 Å². The number of para-hydroxylation sites is 1. The number of phenols is 1. The van der Waals surface area contributed by atoms with Crippen molar-refractivity contribution in [3.8, 4) is 22.8 Å². The monoisotopic (exact) mass is 469 g/mol. The van der Waals surface area contributed by atoms with Crippen LogP contribution in [-0.2, 0) is 11.3 Å². The number of fused-ring (bicyclic) bond motifs is 1. The molecule has 2 heterocycles. The third-order valence-electron chi connectivity index (χ3n) is 6.18.